The summed E-state index contributed by atoms with van der Waals surface area (Å²) in [7, 11) is 3.00. The molecule has 1 aliphatic heterocycles. The summed E-state index contributed by atoms with van der Waals surface area (Å²) in [6, 6.07) is 7.54. The molecule has 1 saturated heterocycles. The molecule has 1 aromatic heterocycles. The topological polar surface area (TPSA) is 80.4 Å². The van der Waals surface area contributed by atoms with Gasteiger partial charge in [-0.3, -0.25) is 14.2 Å². The van der Waals surface area contributed by atoms with E-state index in [0.717, 1.165) is 23.3 Å². The van der Waals surface area contributed by atoms with E-state index < -0.39 is 5.69 Å². The molecule has 1 fully saturated rings. The summed E-state index contributed by atoms with van der Waals surface area (Å²) in [5.74, 6) is 0.351. The van der Waals surface area contributed by atoms with Gasteiger partial charge in [0, 0.05) is 51.5 Å². The number of Topliss-reactive ketones (excluding diaryl/α,β-unsaturated/α-hetero) is 1. The third kappa shape index (κ3) is 3.19. The van der Waals surface area contributed by atoms with Gasteiger partial charge in [0.15, 0.2) is 5.78 Å². The lowest BCUT2D eigenvalue weighted by atomic mass is 10.1. The van der Waals surface area contributed by atoms with Gasteiger partial charge < -0.3 is 9.80 Å². The van der Waals surface area contributed by atoms with Crippen LogP contribution in [0, 0.1) is 0 Å². The number of rotatable bonds is 3. The molecular weight excluding hydrogens is 322 g/mol. The molecule has 0 amide bonds. The van der Waals surface area contributed by atoms with Gasteiger partial charge in [0.2, 0.25) is 5.82 Å². The fourth-order valence-electron chi connectivity index (χ4n) is 2.96. The lowest BCUT2D eigenvalue weighted by Gasteiger charge is -2.36. The van der Waals surface area contributed by atoms with Crippen molar-refractivity contribution in [2.45, 2.75) is 6.92 Å². The Labute approximate surface area is 144 Å². The van der Waals surface area contributed by atoms with E-state index >= 15 is 0 Å². The van der Waals surface area contributed by atoms with Crippen LogP contribution in [0.15, 0.2) is 33.9 Å². The van der Waals surface area contributed by atoms with Crippen molar-refractivity contribution in [1.29, 1.82) is 0 Å². The fourth-order valence-corrected chi connectivity index (χ4v) is 2.96. The predicted octanol–water partition coefficient (Wildman–Crippen LogP) is 0.00820. The third-order valence-electron chi connectivity index (χ3n) is 4.52. The molecule has 1 aromatic carbocycles. The molecular formula is C17H21N5O3. The summed E-state index contributed by atoms with van der Waals surface area (Å²) in [4.78, 5) is 39.5. The van der Waals surface area contributed by atoms with Crippen LogP contribution in [0.2, 0.25) is 0 Å². The molecule has 8 nitrogen and oxygen atoms in total. The van der Waals surface area contributed by atoms with Gasteiger partial charge in [0.25, 0.3) is 5.56 Å². The van der Waals surface area contributed by atoms with E-state index in [1.54, 1.807) is 6.92 Å². The maximum atomic E-state index is 12.3. The maximum Gasteiger partial charge on any atom is 0.346 e. The van der Waals surface area contributed by atoms with Crippen molar-refractivity contribution in [3.63, 3.8) is 0 Å². The Morgan fingerprint density at radius 3 is 2.08 bits per heavy atom. The van der Waals surface area contributed by atoms with Gasteiger partial charge in [-0.25, -0.2) is 9.48 Å². The van der Waals surface area contributed by atoms with Crippen LogP contribution in [-0.4, -0.2) is 46.3 Å². The van der Waals surface area contributed by atoms with Gasteiger partial charge in [-0.2, -0.15) is 0 Å². The Hall–Kier alpha value is -2.90. The smallest absolute Gasteiger partial charge is 0.346 e. The first-order chi connectivity index (χ1) is 11.9. The van der Waals surface area contributed by atoms with Gasteiger partial charge in [0.05, 0.1) is 0 Å². The number of carbonyl (C=O) groups is 1. The van der Waals surface area contributed by atoms with Crippen LogP contribution in [0.3, 0.4) is 0 Å². The average molecular weight is 343 g/mol. The highest BCUT2D eigenvalue weighted by molar-refractivity contribution is 5.94. The van der Waals surface area contributed by atoms with Gasteiger partial charge in [-0.15, -0.1) is 5.10 Å². The number of nitrogens with zero attached hydrogens (tertiary/aromatic N) is 5. The molecule has 0 aliphatic carbocycles. The van der Waals surface area contributed by atoms with Gasteiger partial charge >= 0.3 is 5.69 Å². The lowest BCUT2D eigenvalue weighted by molar-refractivity contribution is 0.101. The normalized spacial score (nSPS) is 14.7. The number of carbonyl (C=O) groups excluding carboxylic acids is 1. The predicted molar refractivity (Wildman–Crippen MR) is 95.6 cm³/mol. The zero-order valence-corrected chi connectivity index (χ0v) is 14.6. The van der Waals surface area contributed by atoms with Crippen molar-refractivity contribution in [3.8, 4) is 0 Å². The Balaban J connectivity index is 1.75. The maximum absolute atomic E-state index is 12.3. The number of benzene rings is 1. The summed E-state index contributed by atoms with van der Waals surface area (Å²) < 4.78 is 2.26. The van der Waals surface area contributed by atoms with E-state index in [2.05, 4.69) is 10.00 Å². The highest BCUT2D eigenvalue weighted by Crippen LogP contribution is 2.18. The second kappa shape index (κ2) is 6.54. The first kappa shape index (κ1) is 16.9. The summed E-state index contributed by atoms with van der Waals surface area (Å²) in [6.07, 6.45) is 0. The van der Waals surface area contributed by atoms with Gasteiger partial charge in [0.1, 0.15) is 0 Å². The van der Waals surface area contributed by atoms with Crippen molar-refractivity contribution in [3.05, 3.63) is 50.7 Å². The van der Waals surface area contributed by atoms with Crippen LogP contribution in [-0.2, 0) is 14.1 Å². The van der Waals surface area contributed by atoms with E-state index in [1.807, 2.05) is 29.2 Å². The second-order valence-electron chi connectivity index (χ2n) is 6.17. The van der Waals surface area contributed by atoms with Gasteiger partial charge in [-0.1, -0.05) is 0 Å². The monoisotopic (exact) mass is 343 g/mol. The minimum atomic E-state index is -0.432. The molecule has 2 heterocycles. The summed E-state index contributed by atoms with van der Waals surface area (Å²) in [6.45, 7) is 4.28. The largest absolute Gasteiger partial charge is 0.368 e. The molecule has 3 rings (SSSR count). The zero-order chi connectivity index (χ0) is 18.1. The highest BCUT2D eigenvalue weighted by atomic mass is 16.2. The molecule has 0 spiro atoms. The van der Waals surface area contributed by atoms with Crippen molar-refractivity contribution >= 4 is 17.3 Å². The van der Waals surface area contributed by atoms with Crippen molar-refractivity contribution in [2.24, 2.45) is 14.1 Å². The number of ketones is 1. The first-order valence-electron chi connectivity index (χ1n) is 8.13. The first-order valence-corrected chi connectivity index (χ1v) is 8.13. The summed E-state index contributed by atoms with van der Waals surface area (Å²) >= 11 is 0. The molecule has 8 heteroatoms. The molecule has 2 aromatic rings. The minimum absolute atomic E-state index is 0.0491. The molecule has 0 atom stereocenters. The standard InChI is InChI=1S/C17H21N5O3/c1-12(23)13-4-6-14(7-5-13)21-8-10-22(11-9-21)15-16(24)19(2)17(25)20(3)18-15/h4-7H,8-11H2,1-3H3. The third-order valence-corrected chi connectivity index (χ3v) is 4.52. The Kier molecular flexibility index (Phi) is 4.43. The molecule has 25 heavy (non-hydrogen) atoms. The highest BCUT2D eigenvalue weighted by Gasteiger charge is 2.22. The number of hydrogen-bond donors (Lipinski definition) is 0. The van der Waals surface area contributed by atoms with Crippen molar-refractivity contribution in [2.75, 3.05) is 36.0 Å². The number of piperazine rings is 1. The fraction of sp³-hybridized carbons (Fsp3) is 0.412. The van der Waals surface area contributed by atoms with Crippen LogP contribution < -0.4 is 21.0 Å². The number of aromatic nitrogens is 3. The van der Waals surface area contributed by atoms with E-state index in [1.165, 1.54) is 18.8 Å². The SMILES string of the molecule is CC(=O)c1ccc(N2CCN(c3nn(C)c(=O)n(C)c3=O)CC2)cc1. The van der Waals surface area contributed by atoms with Crippen LogP contribution >= 0.6 is 0 Å². The Bertz CT molecular complexity index is 905. The molecule has 0 saturated carbocycles. The van der Waals surface area contributed by atoms with Crippen LogP contribution in [0.1, 0.15) is 17.3 Å². The lowest BCUT2D eigenvalue weighted by Crippen LogP contribution is -2.50. The molecule has 0 N–H and O–H groups in total. The molecule has 132 valence electrons. The molecule has 1 aliphatic rings. The average Bonchev–Trinajstić information content (AvgIpc) is 2.63. The van der Waals surface area contributed by atoms with Crippen LogP contribution in [0.4, 0.5) is 11.5 Å². The molecule has 0 bridgehead atoms. The Morgan fingerprint density at radius 2 is 1.52 bits per heavy atom. The quantitative estimate of drug-likeness (QED) is 0.731. The van der Waals surface area contributed by atoms with Crippen LogP contribution in [0.25, 0.3) is 0 Å². The molecule has 0 radical (unpaired) electrons. The van der Waals surface area contributed by atoms with Crippen LogP contribution in [0.5, 0.6) is 0 Å². The summed E-state index contributed by atoms with van der Waals surface area (Å²) in [5.41, 5.74) is 0.937. The number of aryl methyl sites for hydroxylation is 1. The number of hydrogen-bond acceptors (Lipinski definition) is 6. The Morgan fingerprint density at radius 1 is 0.960 bits per heavy atom. The van der Waals surface area contributed by atoms with E-state index in [0.29, 0.717) is 24.5 Å². The minimum Gasteiger partial charge on any atom is -0.368 e. The molecule has 0 unspecified atom stereocenters. The zero-order valence-electron chi connectivity index (χ0n) is 14.6. The number of anilines is 2. The van der Waals surface area contributed by atoms with Crippen molar-refractivity contribution in [1.82, 2.24) is 14.3 Å². The second-order valence-corrected chi connectivity index (χ2v) is 6.17. The summed E-state index contributed by atoms with van der Waals surface area (Å²) in [5, 5.41) is 4.13. The van der Waals surface area contributed by atoms with E-state index in [9.17, 15) is 14.4 Å². The van der Waals surface area contributed by atoms with E-state index in [-0.39, 0.29) is 11.3 Å². The van der Waals surface area contributed by atoms with E-state index in [4.69, 9.17) is 0 Å². The van der Waals surface area contributed by atoms with Gasteiger partial charge in [-0.05, 0) is 31.2 Å². The van der Waals surface area contributed by atoms with Crippen molar-refractivity contribution < 1.29 is 4.79 Å².